The van der Waals surface area contributed by atoms with Crippen molar-refractivity contribution >= 4 is 17.5 Å². The smallest absolute Gasteiger partial charge is 0.289 e. The average molecular weight is 384 g/mol. The SMILES string of the molecule is CCCN(CCC)c1cncc(C(=O)N2CCN(C(=O)c3ccco3)CC2)c1. The zero-order chi connectivity index (χ0) is 19.9. The maximum absolute atomic E-state index is 12.9. The van der Waals surface area contributed by atoms with E-state index in [2.05, 4.69) is 23.7 Å². The number of hydrogen-bond donors (Lipinski definition) is 0. The molecular weight excluding hydrogens is 356 g/mol. The summed E-state index contributed by atoms with van der Waals surface area (Å²) in [4.78, 5) is 35.4. The molecule has 0 N–H and O–H groups in total. The molecule has 0 spiro atoms. The molecule has 0 atom stereocenters. The van der Waals surface area contributed by atoms with E-state index in [0.717, 1.165) is 31.6 Å². The molecule has 0 aromatic carbocycles. The summed E-state index contributed by atoms with van der Waals surface area (Å²) < 4.78 is 5.18. The molecule has 1 fully saturated rings. The monoisotopic (exact) mass is 384 g/mol. The minimum atomic E-state index is -0.129. The Hall–Kier alpha value is -2.83. The van der Waals surface area contributed by atoms with E-state index in [1.165, 1.54) is 6.26 Å². The molecule has 0 bridgehead atoms. The minimum absolute atomic E-state index is 0.0348. The second-order valence-electron chi connectivity index (χ2n) is 6.98. The van der Waals surface area contributed by atoms with E-state index in [1.807, 2.05) is 12.3 Å². The Balaban J connectivity index is 1.63. The van der Waals surface area contributed by atoms with Crippen LogP contribution in [0, 0.1) is 0 Å². The third-order valence-electron chi connectivity index (χ3n) is 4.91. The van der Waals surface area contributed by atoms with E-state index >= 15 is 0 Å². The molecule has 0 aliphatic carbocycles. The second-order valence-corrected chi connectivity index (χ2v) is 6.98. The summed E-state index contributed by atoms with van der Waals surface area (Å²) in [7, 11) is 0. The van der Waals surface area contributed by atoms with Gasteiger partial charge in [-0.2, -0.15) is 0 Å². The van der Waals surface area contributed by atoms with Crippen molar-refractivity contribution in [1.82, 2.24) is 14.8 Å². The van der Waals surface area contributed by atoms with Gasteiger partial charge in [-0.3, -0.25) is 14.6 Å². The van der Waals surface area contributed by atoms with Crippen molar-refractivity contribution in [3.05, 3.63) is 48.2 Å². The van der Waals surface area contributed by atoms with Gasteiger partial charge in [0.2, 0.25) is 0 Å². The van der Waals surface area contributed by atoms with Crippen LogP contribution in [-0.4, -0.2) is 65.9 Å². The summed E-state index contributed by atoms with van der Waals surface area (Å²) in [5.74, 6) is 0.173. The van der Waals surface area contributed by atoms with E-state index in [9.17, 15) is 9.59 Å². The quantitative estimate of drug-likeness (QED) is 0.734. The number of carbonyl (C=O) groups is 2. The van der Waals surface area contributed by atoms with Gasteiger partial charge in [0, 0.05) is 45.5 Å². The molecule has 2 aromatic rings. The lowest BCUT2D eigenvalue weighted by Gasteiger charge is -2.34. The topological polar surface area (TPSA) is 69.9 Å². The third-order valence-corrected chi connectivity index (χ3v) is 4.91. The van der Waals surface area contributed by atoms with Crippen molar-refractivity contribution in [3.8, 4) is 0 Å². The van der Waals surface area contributed by atoms with Crippen molar-refractivity contribution in [3.63, 3.8) is 0 Å². The second kappa shape index (κ2) is 9.39. The molecule has 0 radical (unpaired) electrons. The molecule has 2 aromatic heterocycles. The summed E-state index contributed by atoms with van der Waals surface area (Å²) in [6.07, 6.45) is 7.03. The maximum atomic E-state index is 12.9. The van der Waals surface area contributed by atoms with Crippen LogP contribution in [0.15, 0.2) is 41.3 Å². The van der Waals surface area contributed by atoms with Crippen LogP contribution in [-0.2, 0) is 0 Å². The number of aromatic nitrogens is 1. The first-order valence-corrected chi connectivity index (χ1v) is 9.96. The molecule has 1 aliphatic rings. The number of anilines is 1. The standard InChI is InChI=1S/C21H28N4O3/c1-3-7-23(8-4-2)18-14-17(15-22-16-18)20(26)24-9-11-25(12-10-24)21(27)19-6-5-13-28-19/h5-6,13-16H,3-4,7-12H2,1-2H3. The lowest BCUT2D eigenvalue weighted by molar-refractivity contribution is 0.0518. The molecular formula is C21H28N4O3. The lowest BCUT2D eigenvalue weighted by atomic mass is 10.2. The number of piperazine rings is 1. The highest BCUT2D eigenvalue weighted by Gasteiger charge is 2.27. The molecule has 28 heavy (non-hydrogen) atoms. The largest absolute Gasteiger partial charge is 0.459 e. The van der Waals surface area contributed by atoms with Crippen LogP contribution in [0.5, 0.6) is 0 Å². The van der Waals surface area contributed by atoms with E-state index in [0.29, 0.717) is 37.5 Å². The maximum Gasteiger partial charge on any atom is 0.289 e. The normalized spacial score (nSPS) is 14.2. The first-order valence-electron chi connectivity index (χ1n) is 9.96. The summed E-state index contributed by atoms with van der Waals surface area (Å²) in [5, 5.41) is 0. The van der Waals surface area contributed by atoms with Crippen LogP contribution in [0.25, 0.3) is 0 Å². The Morgan fingerprint density at radius 3 is 2.25 bits per heavy atom. The number of amides is 2. The lowest BCUT2D eigenvalue weighted by Crippen LogP contribution is -2.50. The van der Waals surface area contributed by atoms with E-state index in [4.69, 9.17) is 4.42 Å². The van der Waals surface area contributed by atoms with Gasteiger partial charge >= 0.3 is 0 Å². The van der Waals surface area contributed by atoms with E-state index in [-0.39, 0.29) is 11.8 Å². The summed E-state index contributed by atoms with van der Waals surface area (Å²) in [5.41, 5.74) is 1.58. The van der Waals surface area contributed by atoms with Crippen LogP contribution in [0.4, 0.5) is 5.69 Å². The van der Waals surface area contributed by atoms with Crippen LogP contribution in [0.1, 0.15) is 47.6 Å². The van der Waals surface area contributed by atoms with E-state index < -0.39 is 0 Å². The molecule has 7 heteroatoms. The number of pyridine rings is 1. The van der Waals surface area contributed by atoms with Gasteiger partial charge in [0.05, 0.1) is 23.7 Å². The fraction of sp³-hybridized carbons (Fsp3) is 0.476. The molecule has 3 rings (SSSR count). The number of carbonyl (C=O) groups excluding carboxylic acids is 2. The molecule has 2 amide bonds. The Morgan fingerprint density at radius 2 is 1.68 bits per heavy atom. The molecule has 1 aliphatic heterocycles. The van der Waals surface area contributed by atoms with Crippen molar-refractivity contribution in [2.45, 2.75) is 26.7 Å². The first kappa shape index (κ1) is 19.9. The van der Waals surface area contributed by atoms with Crippen molar-refractivity contribution in [2.24, 2.45) is 0 Å². The van der Waals surface area contributed by atoms with Crippen LogP contribution >= 0.6 is 0 Å². The van der Waals surface area contributed by atoms with Crippen LogP contribution in [0.2, 0.25) is 0 Å². The summed E-state index contributed by atoms with van der Waals surface area (Å²) in [6.45, 7) is 8.18. The Morgan fingerprint density at radius 1 is 1.04 bits per heavy atom. The first-order chi connectivity index (χ1) is 13.6. The Kier molecular flexibility index (Phi) is 6.68. The molecule has 7 nitrogen and oxygen atoms in total. The van der Waals surface area contributed by atoms with Gasteiger partial charge in [0.25, 0.3) is 11.8 Å². The Bertz CT molecular complexity index is 777. The number of hydrogen-bond acceptors (Lipinski definition) is 5. The fourth-order valence-corrected chi connectivity index (χ4v) is 3.48. The minimum Gasteiger partial charge on any atom is -0.459 e. The molecule has 3 heterocycles. The molecule has 150 valence electrons. The zero-order valence-electron chi connectivity index (χ0n) is 16.6. The zero-order valence-corrected chi connectivity index (χ0v) is 16.6. The van der Waals surface area contributed by atoms with Gasteiger partial charge in [0.15, 0.2) is 5.76 Å². The van der Waals surface area contributed by atoms with Crippen molar-refractivity contribution < 1.29 is 14.0 Å². The summed E-state index contributed by atoms with van der Waals surface area (Å²) >= 11 is 0. The number of nitrogens with zero attached hydrogens (tertiary/aromatic N) is 4. The van der Waals surface area contributed by atoms with Gasteiger partial charge in [-0.05, 0) is 31.0 Å². The van der Waals surface area contributed by atoms with Gasteiger partial charge in [0.1, 0.15) is 0 Å². The van der Waals surface area contributed by atoms with Gasteiger partial charge in [-0.1, -0.05) is 13.8 Å². The van der Waals surface area contributed by atoms with Gasteiger partial charge in [-0.15, -0.1) is 0 Å². The highest BCUT2D eigenvalue weighted by molar-refractivity contribution is 5.95. The highest BCUT2D eigenvalue weighted by atomic mass is 16.3. The van der Waals surface area contributed by atoms with Crippen LogP contribution < -0.4 is 4.90 Å². The van der Waals surface area contributed by atoms with E-state index in [1.54, 1.807) is 28.1 Å². The fourth-order valence-electron chi connectivity index (χ4n) is 3.48. The summed E-state index contributed by atoms with van der Waals surface area (Å²) in [6, 6.07) is 5.30. The van der Waals surface area contributed by atoms with Crippen LogP contribution in [0.3, 0.4) is 0 Å². The molecule has 0 saturated carbocycles. The predicted octanol–water partition coefficient (Wildman–Crippen LogP) is 2.90. The van der Waals surface area contributed by atoms with Gasteiger partial charge in [-0.25, -0.2) is 0 Å². The van der Waals surface area contributed by atoms with Crippen molar-refractivity contribution in [1.29, 1.82) is 0 Å². The number of rotatable bonds is 7. The van der Waals surface area contributed by atoms with Crippen molar-refractivity contribution in [2.75, 3.05) is 44.2 Å². The molecule has 0 unspecified atom stereocenters. The Labute approximate surface area is 165 Å². The number of furan rings is 1. The highest BCUT2D eigenvalue weighted by Crippen LogP contribution is 2.18. The third kappa shape index (κ3) is 4.52. The average Bonchev–Trinajstić information content (AvgIpc) is 3.28. The predicted molar refractivity (Wildman–Crippen MR) is 108 cm³/mol. The van der Waals surface area contributed by atoms with Gasteiger partial charge < -0.3 is 19.1 Å². The molecule has 1 saturated heterocycles.